The molecule has 0 amide bonds. The molecule has 4 aromatic rings. The lowest BCUT2D eigenvalue weighted by molar-refractivity contribution is 0.198. The molecule has 4 rings (SSSR count). The average molecular weight is 499 g/mol. The van der Waals surface area contributed by atoms with Crippen LogP contribution in [0.3, 0.4) is 0 Å². The Balaban J connectivity index is 1.86. The molecule has 0 saturated heterocycles. The van der Waals surface area contributed by atoms with Crippen molar-refractivity contribution in [2.45, 2.75) is 24.8 Å². The molecule has 0 bridgehead atoms. The first-order chi connectivity index (χ1) is 16.9. The van der Waals surface area contributed by atoms with Crippen molar-refractivity contribution in [3.05, 3.63) is 133 Å². The summed E-state index contributed by atoms with van der Waals surface area (Å²) >= 11 is 0. The minimum Gasteiger partial charge on any atom is -0.397 e. The van der Waals surface area contributed by atoms with Crippen LogP contribution in [-0.2, 0) is 14.3 Å². The monoisotopic (exact) mass is 498 g/mol. The van der Waals surface area contributed by atoms with E-state index in [-0.39, 0.29) is 10.8 Å². The van der Waals surface area contributed by atoms with Crippen LogP contribution in [0.15, 0.2) is 138 Å². The van der Waals surface area contributed by atoms with Crippen molar-refractivity contribution in [3.8, 4) is 0 Å². The fourth-order valence-corrected chi connectivity index (χ4v) is 9.40. The van der Waals surface area contributed by atoms with Crippen molar-refractivity contribution in [2.24, 2.45) is 5.92 Å². The van der Waals surface area contributed by atoms with E-state index in [4.69, 9.17) is 4.43 Å². The molecule has 35 heavy (non-hydrogen) atoms. The van der Waals surface area contributed by atoms with E-state index in [9.17, 15) is 8.42 Å². The van der Waals surface area contributed by atoms with Gasteiger partial charge < -0.3 is 4.43 Å². The number of rotatable bonds is 9. The van der Waals surface area contributed by atoms with Gasteiger partial charge >= 0.3 is 0 Å². The summed E-state index contributed by atoms with van der Waals surface area (Å²) in [6.45, 7) is 4.12. The highest BCUT2D eigenvalue weighted by atomic mass is 32.2. The first-order valence-electron chi connectivity index (χ1n) is 11.8. The number of hydrogen-bond acceptors (Lipinski definition) is 3. The van der Waals surface area contributed by atoms with Gasteiger partial charge in [-0.3, -0.25) is 0 Å². The van der Waals surface area contributed by atoms with Crippen LogP contribution in [-0.4, -0.2) is 22.8 Å². The van der Waals surface area contributed by atoms with E-state index in [1.54, 1.807) is 30.3 Å². The number of sulfone groups is 1. The molecule has 0 aromatic heterocycles. The lowest BCUT2D eigenvalue weighted by atomic mass is 10.1. The average Bonchev–Trinajstić information content (AvgIpc) is 2.91. The third kappa shape index (κ3) is 5.54. The first-order valence-corrected chi connectivity index (χ1v) is 15.2. The number of benzene rings is 4. The van der Waals surface area contributed by atoms with Gasteiger partial charge in [-0.1, -0.05) is 123 Å². The molecule has 0 N–H and O–H groups in total. The maximum Gasteiger partial charge on any atom is 0.288 e. The molecule has 4 aromatic carbocycles. The van der Waals surface area contributed by atoms with Crippen LogP contribution in [0.2, 0.25) is 0 Å². The molecule has 3 nitrogen and oxygen atoms in total. The first kappa shape index (κ1) is 24.9. The van der Waals surface area contributed by atoms with Crippen molar-refractivity contribution in [2.75, 3.05) is 0 Å². The highest BCUT2D eigenvalue weighted by molar-refractivity contribution is 7.94. The highest BCUT2D eigenvalue weighted by Crippen LogP contribution is 2.20. The van der Waals surface area contributed by atoms with Gasteiger partial charge in [-0.05, 0) is 39.7 Å². The quantitative estimate of drug-likeness (QED) is 0.249. The molecule has 0 aliphatic heterocycles. The second kappa shape index (κ2) is 11.0. The molecule has 0 aliphatic carbocycles. The van der Waals surface area contributed by atoms with E-state index in [1.165, 1.54) is 5.41 Å². The van der Waals surface area contributed by atoms with Gasteiger partial charge in [-0.2, -0.15) is 0 Å². The van der Waals surface area contributed by atoms with Gasteiger partial charge in [-0.15, -0.1) is 0 Å². The lowest BCUT2D eigenvalue weighted by Gasteiger charge is -2.37. The molecule has 1 atom stereocenters. The fourth-order valence-electron chi connectivity index (χ4n) is 4.19. The Morgan fingerprint density at radius 3 is 1.37 bits per heavy atom. The Morgan fingerprint density at radius 2 is 1.00 bits per heavy atom. The van der Waals surface area contributed by atoms with E-state index in [0.29, 0.717) is 0 Å². The maximum absolute atomic E-state index is 13.0. The maximum atomic E-state index is 13.0. The van der Waals surface area contributed by atoms with Crippen molar-refractivity contribution < 1.29 is 12.8 Å². The summed E-state index contributed by atoms with van der Waals surface area (Å²) in [6.07, 6.45) is 1.30. The zero-order valence-corrected chi connectivity index (χ0v) is 21.8. The molecular formula is C30H30O3SSi. The predicted octanol–water partition coefficient (Wildman–Crippen LogP) is 4.68. The fraction of sp³-hybridized carbons (Fsp3) is 0.133. The van der Waals surface area contributed by atoms with Crippen molar-refractivity contribution >= 4 is 33.7 Å². The molecule has 0 spiro atoms. The second-order valence-electron chi connectivity index (χ2n) is 8.79. The standard InChI is InChI=1S/C30H30O3SSi/c1-25(2)30(23-24-34(31,32)26-15-7-3-8-16-26)33-35(27-17-9-4-10-18-27,28-19-11-5-12-20-28)29-21-13-6-14-22-29/h3-25,30H,1-2H3/b24-23+. The van der Waals surface area contributed by atoms with E-state index in [1.807, 2.05) is 60.7 Å². The zero-order valence-electron chi connectivity index (χ0n) is 20.0. The summed E-state index contributed by atoms with van der Waals surface area (Å²) in [4.78, 5) is 0.274. The molecule has 0 radical (unpaired) electrons. The van der Waals surface area contributed by atoms with Gasteiger partial charge in [0.25, 0.3) is 8.32 Å². The molecule has 5 heteroatoms. The summed E-state index contributed by atoms with van der Waals surface area (Å²) in [5.41, 5.74) is 0. The smallest absolute Gasteiger partial charge is 0.288 e. The van der Waals surface area contributed by atoms with Crippen molar-refractivity contribution in [1.82, 2.24) is 0 Å². The SMILES string of the molecule is CC(C)C(/C=C/S(=O)(=O)c1ccccc1)O[Si](c1ccccc1)(c1ccccc1)c1ccccc1. The van der Waals surface area contributed by atoms with Gasteiger partial charge in [0.2, 0.25) is 0 Å². The van der Waals surface area contributed by atoms with Gasteiger partial charge in [0.15, 0.2) is 9.84 Å². The molecule has 1 unspecified atom stereocenters. The zero-order chi connectivity index (χ0) is 24.7. The summed E-state index contributed by atoms with van der Waals surface area (Å²) in [6, 6.07) is 39.4. The van der Waals surface area contributed by atoms with Gasteiger partial charge in [0.05, 0.1) is 11.0 Å². The van der Waals surface area contributed by atoms with Gasteiger partial charge in [0, 0.05) is 5.41 Å². The lowest BCUT2D eigenvalue weighted by Crippen LogP contribution is -2.70. The topological polar surface area (TPSA) is 43.4 Å². The third-order valence-corrected chi connectivity index (χ3v) is 11.5. The van der Waals surface area contributed by atoms with Crippen LogP contribution < -0.4 is 15.6 Å². The van der Waals surface area contributed by atoms with E-state index >= 15 is 0 Å². The Bertz CT molecular complexity index is 1240. The largest absolute Gasteiger partial charge is 0.397 e. The van der Waals surface area contributed by atoms with E-state index in [0.717, 1.165) is 15.6 Å². The Kier molecular flexibility index (Phi) is 7.81. The van der Waals surface area contributed by atoms with Crippen molar-refractivity contribution in [1.29, 1.82) is 0 Å². The molecular weight excluding hydrogens is 468 g/mol. The normalized spacial score (nSPS) is 13.2. The van der Waals surface area contributed by atoms with Crippen molar-refractivity contribution in [3.63, 3.8) is 0 Å². The van der Waals surface area contributed by atoms with Crippen LogP contribution >= 0.6 is 0 Å². The molecule has 0 fully saturated rings. The molecule has 0 aliphatic rings. The van der Waals surface area contributed by atoms with Crippen LogP contribution in [0.4, 0.5) is 0 Å². The summed E-state index contributed by atoms with van der Waals surface area (Å²) < 4.78 is 33.2. The summed E-state index contributed by atoms with van der Waals surface area (Å²) in [5.74, 6) is 0.0558. The summed E-state index contributed by atoms with van der Waals surface area (Å²) in [7, 11) is -6.55. The highest BCUT2D eigenvalue weighted by Gasteiger charge is 2.43. The van der Waals surface area contributed by atoms with Crippen LogP contribution in [0.1, 0.15) is 13.8 Å². The molecule has 0 heterocycles. The number of hydrogen-bond donors (Lipinski definition) is 0. The Morgan fingerprint density at radius 1 is 0.629 bits per heavy atom. The molecule has 0 saturated carbocycles. The second-order valence-corrected chi connectivity index (χ2v) is 14.0. The minimum atomic E-state index is -3.58. The van der Waals surface area contributed by atoms with Gasteiger partial charge in [-0.25, -0.2) is 8.42 Å². The van der Waals surface area contributed by atoms with Crippen LogP contribution in [0.25, 0.3) is 0 Å². The van der Waals surface area contributed by atoms with Crippen LogP contribution in [0.5, 0.6) is 0 Å². The summed E-state index contributed by atoms with van der Waals surface area (Å²) in [5, 5.41) is 4.64. The Hall–Kier alpha value is -3.25. The molecule has 178 valence electrons. The van der Waals surface area contributed by atoms with E-state index < -0.39 is 24.3 Å². The van der Waals surface area contributed by atoms with Crippen LogP contribution in [0, 0.1) is 5.92 Å². The van der Waals surface area contributed by atoms with E-state index in [2.05, 4.69) is 50.2 Å². The third-order valence-electron chi connectivity index (χ3n) is 6.03. The Labute approximate surface area is 209 Å². The minimum absolute atomic E-state index is 0.0558. The predicted molar refractivity (Wildman–Crippen MR) is 146 cm³/mol. The van der Waals surface area contributed by atoms with Gasteiger partial charge in [0.1, 0.15) is 0 Å².